The Morgan fingerprint density at radius 2 is 1.86 bits per heavy atom. The number of carbonyl (C=O) groups is 3. The number of ether oxygens (including phenoxy) is 2. The number of hydrogen-bond acceptors (Lipinski definition) is 5. The van der Waals surface area contributed by atoms with Crippen molar-refractivity contribution in [3.8, 4) is 5.75 Å². The van der Waals surface area contributed by atoms with Crippen LogP contribution in [0.3, 0.4) is 0 Å². The zero-order valence-corrected chi connectivity index (χ0v) is 16.8. The van der Waals surface area contributed by atoms with Gasteiger partial charge >= 0.3 is 12.1 Å². The molecule has 28 heavy (non-hydrogen) atoms. The number of rotatable bonds is 6. The van der Waals surface area contributed by atoms with E-state index in [2.05, 4.69) is 10.1 Å². The molecular formula is C21H24BNO5. The van der Waals surface area contributed by atoms with Gasteiger partial charge in [-0.25, -0.2) is 9.59 Å². The van der Waals surface area contributed by atoms with Gasteiger partial charge < -0.3 is 19.6 Å². The highest BCUT2D eigenvalue weighted by Gasteiger charge is 2.31. The van der Waals surface area contributed by atoms with E-state index in [1.165, 1.54) is 14.0 Å². The van der Waals surface area contributed by atoms with Gasteiger partial charge in [-0.15, -0.1) is 0 Å². The van der Waals surface area contributed by atoms with E-state index < -0.39 is 29.2 Å². The molecule has 146 valence electrons. The number of amides is 1. The molecule has 2 aromatic rings. The van der Waals surface area contributed by atoms with Gasteiger partial charge in [-0.05, 0) is 30.2 Å². The van der Waals surface area contributed by atoms with Crippen molar-refractivity contribution in [3.05, 3.63) is 41.5 Å². The van der Waals surface area contributed by atoms with Crippen LogP contribution in [0.15, 0.2) is 30.3 Å². The van der Waals surface area contributed by atoms with E-state index in [0.717, 1.165) is 21.9 Å². The van der Waals surface area contributed by atoms with Crippen molar-refractivity contribution in [3.63, 3.8) is 0 Å². The summed E-state index contributed by atoms with van der Waals surface area (Å²) in [4.78, 5) is 35.6. The number of methoxy groups -OCH3 is 1. The Morgan fingerprint density at radius 3 is 2.46 bits per heavy atom. The predicted molar refractivity (Wildman–Crippen MR) is 108 cm³/mol. The quantitative estimate of drug-likeness (QED) is 0.472. The Kier molecular flexibility index (Phi) is 6.49. The number of nitrogens with one attached hydrogen (secondary N) is 1. The van der Waals surface area contributed by atoms with Gasteiger partial charge in [-0.1, -0.05) is 44.2 Å². The Labute approximate surface area is 166 Å². The lowest BCUT2D eigenvalue weighted by Gasteiger charge is -2.29. The maximum absolute atomic E-state index is 12.6. The molecule has 1 atom stereocenters. The average Bonchev–Trinajstić information content (AvgIpc) is 2.59. The number of fused-ring (bicyclic) bond motifs is 1. The van der Waals surface area contributed by atoms with Crippen molar-refractivity contribution >= 4 is 36.4 Å². The molecule has 0 saturated heterocycles. The van der Waals surface area contributed by atoms with Gasteiger partial charge in [0.05, 0.1) is 12.8 Å². The molecule has 0 heterocycles. The second kappa shape index (κ2) is 8.46. The molecule has 2 aromatic carbocycles. The van der Waals surface area contributed by atoms with Crippen LogP contribution < -0.4 is 10.1 Å². The normalized spacial score (nSPS) is 12.3. The highest BCUT2D eigenvalue weighted by molar-refractivity contribution is 6.57. The lowest BCUT2D eigenvalue weighted by Crippen LogP contribution is -2.41. The summed E-state index contributed by atoms with van der Waals surface area (Å²) in [7, 11) is 6.65. The van der Waals surface area contributed by atoms with Crippen LogP contribution in [0.5, 0.6) is 5.75 Å². The van der Waals surface area contributed by atoms with E-state index in [1.807, 2.05) is 51.1 Å². The van der Waals surface area contributed by atoms with Crippen molar-refractivity contribution in [1.29, 1.82) is 0 Å². The maximum Gasteiger partial charge on any atom is 0.407 e. The Bertz CT molecular complexity index is 922. The average molecular weight is 381 g/mol. The van der Waals surface area contributed by atoms with Gasteiger partial charge in [0.2, 0.25) is 0 Å². The summed E-state index contributed by atoms with van der Waals surface area (Å²) in [5, 5.41) is 4.03. The molecule has 0 spiro atoms. The largest absolute Gasteiger partial charge is 0.453 e. The SMILES string of the molecule is [B]C(=O)CC(C)(C)c1c(C)cc2ccccc2c1OC(=O)C(C)NC(=O)OC. The lowest BCUT2D eigenvalue weighted by atomic mass is 9.74. The van der Waals surface area contributed by atoms with E-state index in [9.17, 15) is 14.4 Å². The first-order chi connectivity index (χ1) is 13.1. The molecule has 0 aliphatic heterocycles. The van der Waals surface area contributed by atoms with Crippen LogP contribution in [0, 0.1) is 6.92 Å². The number of alkyl carbamates (subject to hydrolysis) is 1. The minimum absolute atomic E-state index is 0.0900. The van der Waals surface area contributed by atoms with Gasteiger partial charge in [0, 0.05) is 17.4 Å². The lowest BCUT2D eigenvalue weighted by molar-refractivity contribution is -0.136. The first-order valence-corrected chi connectivity index (χ1v) is 8.94. The monoisotopic (exact) mass is 381 g/mol. The fourth-order valence-electron chi connectivity index (χ4n) is 3.40. The van der Waals surface area contributed by atoms with Crippen molar-refractivity contribution < 1.29 is 23.9 Å². The summed E-state index contributed by atoms with van der Waals surface area (Å²) in [6, 6.07) is 8.57. The Morgan fingerprint density at radius 1 is 1.21 bits per heavy atom. The summed E-state index contributed by atoms with van der Waals surface area (Å²) in [6.45, 7) is 7.16. The summed E-state index contributed by atoms with van der Waals surface area (Å²) >= 11 is 0. The Balaban J connectivity index is 2.58. The second-order valence-corrected chi connectivity index (χ2v) is 7.42. The molecule has 0 fully saturated rings. The molecule has 2 rings (SSSR count). The summed E-state index contributed by atoms with van der Waals surface area (Å²) in [5.41, 5.74) is 0.495. The van der Waals surface area contributed by atoms with Crippen molar-refractivity contribution in [2.24, 2.45) is 0 Å². The molecule has 7 heteroatoms. The van der Waals surface area contributed by atoms with E-state index in [1.54, 1.807) is 0 Å². The highest BCUT2D eigenvalue weighted by Crippen LogP contribution is 2.42. The van der Waals surface area contributed by atoms with E-state index >= 15 is 0 Å². The van der Waals surface area contributed by atoms with Gasteiger partial charge in [-0.3, -0.25) is 0 Å². The third-order valence-corrected chi connectivity index (χ3v) is 4.57. The fourth-order valence-corrected chi connectivity index (χ4v) is 3.40. The summed E-state index contributed by atoms with van der Waals surface area (Å²) in [6.07, 6.45) is -0.639. The number of hydrogen-bond donors (Lipinski definition) is 1. The minimum Gasteiger partial charge on any atom is -0.453 e. The summed E-state index contributed by atoms with van der Waals surface area (Å²) in [5.74, 6) is -0.275. The van der Waals surface area contributed by atoms with Gasteiger partial charge in [0.25, 0.3) is 0 Å². The van der Waals surface area contributed by atoms with Crippen molar-refractivity contribution in [2.75, 3.05) is 7.11 Å². The second-order valence-electron chi connectivity index (χ2n) is 7.42. The van der Waals surface area contributed by atoms with Gasteiger partial charge in [-0.2, -0.15) is 0 Å². The van der Waals surface area contributed by atoms with Crippen LogP contribution >= 0.6 is 0 Å². The van der Waals surface area contributed by atoms with Crippen molar-refractivity contribution in [2.45, 2.75) is 45.6 Å². The molecule has 0 aliphatic carbocycles. The fraction of sp³-hybridized carbons (Fsp3) is 0.381. The van der Waals surface area contributed by atoms with E-state index in [4.69, 9.17) is 12.6 Å². The first kappa shape index (κ1) is 21.5. The zero-order chi connectivity index (χ0) is 21.1. The third-order valence-electron chi connectivity index (χ3n) is 4.57. The topological polar surface area (TPSA) is 81.7 Å². The highest BCUT2D eigenvalue weighted by atomic mass is 16.5. The number of aryl methyl sites for hydroxylation is 1. The minimum atomic E-state index is -0.918. The number of carbonyl (C=O) groups excluding carboxylic acids is 3. The zero-order valence-electron chi connectivity index (χ0n) is 16.8. The molecule has 0 saturated carbocycles. The summed E-state index contributed by atoms with van der Waals surface area (Å²) < 4.78 is 10.3. The van der Waals surface area contributed by atoms with Crippen molar-refractivity contribution in [1.82, 2.24) is 5.32 Å². The van der Waals surface area contributed by atoms with E-state index in [-0.39, 0.29) is 6.42 Å². The molecule has 6 nitrogen and oxygen atoms in total. The molecule has 2 radical (unpaired) electrons. The van der Waals surface area contributed by atoms with Gasteiger partial charge in [0.15, 0.2) is 7.85 Å². The van der Waals surface area contributed by atoms with Crippen LogP contribution in [-0.4, -0.2) is 38.7 Å². The van der Waals surface area contributed by atoms with Crippen LogP contribution in [0.25, 0.3) is 10.8 Å². The molecule has 0 bridgehead atoms. The molecule has 1 amide bonds. The van der Waals surface area contributed by atoms with Gasteiger partial charge in [0.1, 0.15) is 11.8 Å². The van der Waals surface area contributed by atoms with E-state index in [0.29, 0.717) is 5.75 Å². The number of benzene rings is 2. The van der Waals surface area contributed by atoms with Crippen LogP contribution in [0.1, 0.15) is 38.3 Å². The standard InChI is InChI=1S/C21H24BNO5/c1-12-10-14-8-6-7-9-15(14)18(17(12)21(3,4)11-16(22)24)28-19(25)13(2)23-20(26)27-5/h6-10,13H,11H2,1-5H3,(H,23,26). The van der Waals surface area contributed by atoms with Crippen LogP contribution in [-0.2, 0) is 19.7 Å². The smallest absolute Gasteiger partial charge is 0.407 e. The van der Waals surface area contributed by atoms with Crippen LogP contribution in [0.2, 0.25) is 0 Å². The first-order valence-electron chi connectivity index (χ1n) is 8.94. The third kappa shape index (κ3) is 4.71. The predicted octanol–water partition coefficient (Wildman–Crippen LogP) is 3.16. The maximum atomic E-state index is 12.6. The molecule has 0 aromatic heterocycles. The molecule has 1 N–H and O–H groups in total. The van der Waals surface area contributed by atoms with Crippen LogP contribution in [0.4, 0.5) is 4.79 Å². The molecule has 1 unspecified atom stereocenters. The molecule has 0 aliphatic rings. The molecular weight excluding hydrogens is 357 g/mol. The number of esters is 1. The Hall–Kier alpha value is -2.83.